The Kier molecular flexibility index (Phi) is 12.6. The molecule has 0 aliphatic carbocycles. The van der Waals surface area contributed by atoms with Crippen LogP contribution < -0.4 is 26.2 Å². The summed E-state index contributed by atoms with van der Waals surface area (Å²) < 4.78 is 76.1. The Bertz CT molecular complexity index is 5280. The minimum Gasteiger partial charge on any atom is -0.311 e. The van der Waals surface area contributed by atoms with E-state index in [9.17, 15) is 5.48 Å². The summed E-state index contributed by atoms with van der Waals surface area (Å²) in [4.78, 5) is 4.84. The van der Waals surface area contributed by atoms with Gasteiger partial charge in [-0.3, -0.25) is 0 Å². The van der Waals surface area contributed by atoms with Gasteiger partial charge in [0.05, 0.1) is 22.0 Å². The van der Waals surface area contributed by atoms with E-state index in [0.29, 0.717) is 5.69 Å². The van der Waals surface area contributed by atoms with Crippen molar-refractivity contribution in [2.24, 2.45) is 0 Å². The zero-order chi connectivity index (χ0) is 73.3. The van der Waals surface area contributed by atoms with Crippen molar-refractivity contribution in [3.05, 3.63) is 264 Å². The summed E-state index contributed by atoms with van der Waals surface area (Å²) in [6.07, 6.45) is 0. The van der Waals surface area contributed by atoms with Gasteiger partial charge < -0.3 is 14.4 Å². The second-order valence-electron chi connectivity index (χ2n) is 32.7. The van der Waals surface area contributed by atoms with Gasteiger partial charge in [0.2, 0.25) is 0 Å². The summed E-state index contributed by atoms with van der Waals surface area (Å²) in [5.74, 6) is 0. The molecule has 2 aliphatic heterocycles. The molecule has 0 saturated carbocycles. The number of hydrogen-bond acceptors (Lipinski definition) is 2. The molecular formula is C90H92BN3. The number of benzene rings is 11. The van der Waals surface area contributed by atoms with Crippen LogP contribution in [0.4, 0.5) is 34.1 Å². The summed E-state index contributed by atoms with van der Waals surface area (Å²) >= 11 is 0. The quantitative estimate of drug-likeness (QED) is 0.147. The number of nitrogens with zero attached hydrogens (tertiary/aromatic N) is 3. The molecule has 14 rings (SSSR count). The molecule has 0 fully saturated rings. The lowest BCUT2D eigenvalue weighted by molar-refractivity contribution is 0.568. The third-order valence-electron chi connectivity index (χ3n) is 19.7. The summed E-state index contributed by atoms with van der Waals surface area (Å²) in [7, 11) is 0. The maximum Gasteiger partial charge on any atom is 0.252 e. The van der Waals surface area contributed by atoms with Crippen molar-refractivity contribution in [3.63, 3.8) is 0 Å². The van der Waals surface area contributed by atoms with Crippen molar-refractivity contribution >= 4 is 79.0 Å². The van der Waals surface area contributed by atoms with E-state index in [1.54, 1.807) is 4.57 Å². The first-order chi connectivity index (χ1) is 47.7. The van der Waals surface area contributed by atoms with Gasteiger partial charge in [-0.15, -0.1) is 0 Å². The molecule has 0 radical (unpaired) electrons. The normalized spacial score (nSPS) is 14.8. The summed E-state index contributed by atoms with van der Waals surface area (Å²) in [6, 6.07) is 64.3. The van der Waals surface area contributed by atoms with Crippen molar-refractivity contribution in [2.75, 3.05) is 9.80 Å². The molecule has 470 valence electrons. The number of rotatable bonds is 7. The first-order valence-corrected chi connectivity index (χ1v) is 33.5. The largest absolute Gasteiger partial charge is 0.311 e. The highest BCUT2D eigenvalue weighted by atomic mass is 15.2. The Balaban J connectivity index is 1.12. The maximum atomic E-state index is 9.68. The fourth-order valence-electron chi connectivity index (χ4n) is 13.9. The lowest BCUT2D eigenvalue weighted by Gasteiger charge is -2.45. The topological polar surface area (TPSA) is 11.4 Å². The van der Waals surface area contributed by atoms with Crippen LogP contribution in [0.15, 0.2) is 230 Å². The minimum absolute atomic E-state index is 0.0281. The van der Waals surface area contributed by atoms with E-state index < -0.39 is 30.9 Å². The second-order valence-corrected chi connectivity index (χ2v) is 32.7. The Labute approximate surface area is 572 Å². The number of fused-ring (bicyclic) bond motifs is 7. The van der Waals surface area contributed by atoms with Gasteiger partial charge in [-0.25, -0.2) is 0 Å². The van der Waals surface area contributed by atoms with E-state index in [4.69, 9.17) is 5.48 Å². The molecule has 0 N–H and O–H groups in total. The minimum atomic E-state index is -0.485. The fraction of sp³-hybridized carbons (Fsp3) is 0.267. The lowest BCUT2D eigenvalue weighted by atomic mass is 9.33. The van der Waals surface area contributed by atoms with Crippen LogP contribution in [0.5, 0.6) is 0 Å². The molecule has 0 amide bonds. The molecule has 0 atom stereocenters. The van der Waals surface area contributed by atoms with Crippen molar-refractivity contribution in [2.45, 2.75) is 157 Å². The van der Waals surface area contributed by atoms with Crippen LogP contribution in [0.25, 0.3) is 72.0 Å². The van der Waals surface area contributed by atoms with Crippen LogP contribution >= 0.6 is 0 Å². The van der Waals surface area contributed by atoms with Crippen LogP contribution in [0.2, 0.25) is 0 Å². The summed E-state index contributed by atoms with van der Waals surface area (Å²) in [5, 5.41) is 0.0563. The Hall–Kier alpha value is -9.12. The van der Waals surface area contributed by atoms with Gasteiger partial charge in [0.15, 0.2) is 0 Å². The highest BCUT2D eigenvalue weighted by Gasteiger charge is 2.44. The van der Waals surface area contributed by atoms with Gasteiger partial charge >= 0.3 is 0 Å². The second kappa shape index (κ2) is 22.3. The zero-order valence-corrected chi connectivity index (χ0v) is 58.2. The third-order valence-corrected chi connectivity index (χ3v) is 19.7. The van der Waals surface area contributed by atoms with E-state index in [2.05, 4.69) is 310 Å². The van der Waals surface area contributed by atoms with Gasteiger partial charge in [0.1, 0.15) is 0 Å². The fourth-order valence-corrected chi connectivity index (χ4v) is 13.9. The third kappa shape index (κ3) is 11.2. The molecule has 0 bridgehead atoms. The van der Waals surface area contributed by atoms with E-state index in [-0.39, 0.29) is 78.5 Å². The highest BCUT2D eigenvalue weighted by molar-refractivity contribution is 7.00. The van der Waals surface area contributed by atoms with Gasteiger partial charge in [-0.1, -0.05) is 288 Å². The Morgan fingerprint density at radius 2 is 0.670 bits per heavy atom. The van der Waals surface area contributed by atoms with Gasteiger partial charge in [-0.05, 0) is 193 Å². The molecule has 11 aromatic carbocycles. The van der Waals surface area contributed by atoms with Crippen LogP contribution in [-0.4, -0.2) is 11.3 Å². The molecule has 4 heteroatoms. The predicted molar refractivity (Wildman–Crippen MR) is 409 cm³/mol. The Morgan fingerprint density at radius 3 is 1.15 bits per heavy atom. The average Bonchev–Trinajstić information content (AvgIpc) is 1.32. The molecular weight excluding hydrogens is 1130 g/mol. The van der Waals surface area contributed by atoms with Crippen LogP contribution in [0, 0.1) is 0 Å². The molecule has 0 saturated heterocycles. The van der Waals surface area contributed by atoms with E-state index in [1.807, 2.05) is 6.07 Å². The maximum absolute atomic E-state index is 9.68. The highest BCUT2D eigenvalue weighted by Crippen LogP contribution is 2.49. The Morgan fingerprint density at radius 1 is 0.277 bits per heavy atom. The zero-order valence-electron chi connectivity index (χ0n) is 66.2. The lowest BCUT2D eigenvalue weighted by Crippen LogP contribution is -2.61. The van der Waals surface area contributed by atoms with Crippen molar-refractivity contribution in [3.8, 4) is 50.2 Å². The van der Waals surface area contributed by atoms with Crippen LogP contribution in [0.1, 0.15) is 169 Å². The molecule has 2 aliphatic rings. The molecule has 0 spiro atoms. The van der Waals surface area contributed by atoms with Crippen molar-refractivity contribution in [1.82, 2.24) is 4.57 Å². The summed E-state index contributed by atoms with van der Waals surface area (Å²) in [6.45, 7) is 40.6. The number of hydrogen-bond donors (Lipinski definition) is 0. The number of anilines is 6. The molecule has 1 aromatic heterocycles. The van der Waals surface area contributed by atoms with E-state index in [1.165, 1.54) is 33.4 Å². The molecule has 0 unspecified atom stereocenters. The summed E-state index contributed by atoms with van der Waals surface area (Å²) in [5.41, 5.74) is 24.8. The van der Waals surface area contributed by atoms with Gasteiger partial charge in [0.25, 0.3) is 6.71 Å². The smallest absolute Gasteiger partial charge is 0.252 e. The molecule has 94 heavy (non-hydrogen) atoms. The SMILES string of the molecule is [2H]c1c([2H])c([2H])c2c(c1[2H])c1c([2H])c([2H])c([2H])c([2H])c1n2-c1ccc2c(c1)N(c1ccc(-c3cc(C(C)(C)C)cc(C(C)(C)C)c3)cc1)c1cc(-c3ccccc3)cc3c1B2c1cc(-c2cc(C(C)(C)C)cc(C(C)(C)C)c2)ccc1N3c1cccc(-c2cc(C(C)(C)C)cc(C(C)(C)C)c2)c1. The molecule has 3 heterocycles. The monoisotopic (exact) mass is 1230 g/mol. The van der Waals surface area contributed by atoms with E-state index in [0.717, 1.165) is 95.0 Å². The first kappa shape index (κ1) is 53.3. The first-order valence-electron chi connectivity index (χ1n) is 37.5. The van der Waals surface area contributed by atoms with Crippen molar-refractivity contribution < 1.29 is 11.0 Å². The predicted octanol–water partition coefficient (Wildman–Crippen LogP) is 23.3. The van der Waals surface area contributed by atoms with E-state index >= 15 is 0 Å². The number of aromatic nitrogens is 1. The van der Waals surface area contributed by atoms with Gasteiger partial charge in [0, 0.05) is 50.6 Å². The standard InChI is InChI=1S/C90H92BN3/c1-85(2,3)65-43-61(44-66(53-65)86(4,5)6)58-35-38-71(39-36-58)92-81-56-73(93-78-33-24-22-31-74(78)75-32-23-25-34-79(75)93)40-41-76(81)91-77-50-60(63-47-69(89(13,14)15)55-70(48-63)90(16,17)18)37-42-80(77)94(83-52-64(51-82(92)84(83)91)57-27-20-19-21-28-57)72-30-26-29-59(49-72)62-45-67(87(7,8)9)54-68(46-62)88(10,11)12/h19-56H,1-18H3/i22D,23D,24D,25D,31D,32D,33D,34D. The van der Waals surface area contributed by atoms with Gasteiger partial charge in [-0.2, -0.15) is 0 Å². The van der Waals surface area contributed by atoms with Crippen LogP contribution in [-0.2, 0) is 32.5 Å². The van der Waals surface area contributed by atoms with Crippen molar-refractivity contribution in [1.29, 1.82) is 0 Å². The van der Waals surface area contributed by atoms with Crippen LogP contribution in [0.3, 0.4) is 0 Å². The molecule has 3 nitrogen and oxygen atoms in total. The molecule has 12 aromatic rings. The number of para-hydroxylation sites is 2. The average molecular weight is 1230 g/mol.